The second kappa shape index (κ2) is 10.1. The van der Waals surface area contributed by atoms with Crippen molar-refractivity contribution in [3.05, 3.63) is 34.6 Å². The van der Waals surface area contributed by atoms with Crippen LogP contribution in [0, 0.1) is 5.92 Å². The molecule has 7 heteroatoms. The summed E-state index contributed by atoms with van der Waals surface area (Å²) in [6.45, 7) is 3.30. The lowest BCUT2D eigenvalue weighted by Crippen LogP contribution is -2.42. The van der Waals surface area contributed by atoms with Crippen molar-refractivity contribution in [2.24, 2.45) is 5.92 Å². The second-order valence-electron chi connectivity index (χ2n) is 7.44. The van der Waals surface area contributed by atoms with Gasteiger partial charge in [-0.3, -0.25) is 14.2 Å². The Morgan fingerprint density at radius 2 is 2.11 bits per heavy atom. The zero-order valence-electron chi connectivity index (χ0n) is 16.6. The molecule has 0 unspecified atom stereocenters. The molecule has 2 atom stereocenters. The summed E-state index contributed by atoms with van der Waals surface area (Å²) in [6.07, 6.45) is 5.36. The maximum Gasteiger partial charge on any atom is 0.262 e. The van der Waals surface area contributed by atoms with E-state index in [2.05, 4.69) is 17.2 Å². The quantitative estimate of drug-likeness (QED) is 0.416. The van der Waals surface area contributed by atoms with Crippen molar-refractivity contribution in [2.45, 2.75) is 56.8 Å². The number of methoxy groups -OCH3 is 1. The minimum absolute atomic E-state index is 0.00889. The van der Waals surface area contributed by atoms with Gasteiger partial charge in [0.1, 0.15) is 0 Å². The molecule has 1 fully saturated rings. The van der Waals surface area contributed by atoms with Gasteiger partial charge < -0.3 is 10.1 Å². The number of amides is 1. The van der Waals surface area contributed by atoms with Crippen LogP contribution < -0.4 is 10.9 Å². The van der Waals surface area contributed by atoms with Crippen LogP contribution in [0.2, 0.25) is 0 Å². The second-order valence-corrected chi connectivity index (χ2v) is 8.38. The van der Waals surface area contributed by atoms with E-state index in [9.17, 15) is 9.59 Å². The normalized spacial score (nSPS) is 19.6. The predicted octanol–water partition coefficient (Wildman–Crippen LogP) is 3.22. The molecule has 0 aliphatic heterocycles. The smallest absolute Gasteiger partial charge is 0.262 e. The van der Waals surface area contributed by atoms with E-state index in [1.807, 2.05) is 18.2 Å². The minimum Gasteiger partial charge on any atom is -0.385 e. The van der Waals surface area contributed by atoms with Crippen LogP contribution in [0.4, 0.5) is 0 Å². The van der Waals surface area contributed by atoms with Crippen LogP contribution in [0.3, 0.4) is 0 Å². The van der Waals surface area contributed by atoms with Crippen molar-refractivity contribution in [2.75, 3.05) is 19.5 Å². The molecule has 6 nitrogen and oxygen atoms in total. The standard InChI is InChI=1S/C21H29N3O3S/c1-15-8-3-5-10-17(15)22-19(25)14-28-21-23-18-11-6-4-9-16(18)20(26)24(21)12-7-13-27-2/h4,6,9,11,15,17H,3,5,7-8,10,12-14H2,1-2H3,(H,22,25)/t15-,17-/m0/s1. The third-order valence-electron chi connectivity index (χ3n) is 5.35. The molecule has 1 aromatic heterocycles. The number of benzene rings is 1. The molecule has 1 heterocycles. The van der Waals surface area contributed by atoms with Crippen LogP contribution in [-0.4, -0.2) is 41.0 Å². The fourth-order valence-electron chi connectivity index (χ4n) is 3.73. The summed E-state index contributed by atoms with van der Waals surface area (Å²) in [4.78, 5) is 30.1. The lowest BCUT2D eigenvalue weighted by molar-refractivity contribution is -0.119. The molecule has 0 bridgehead atoms. The number of hydrogen-bond donors (Lipinski definition) is 1. The topological polar surface area (TPSA) is 73.2 Å². The van der Waals surface area contributed by atoms with E-state index in [0.717, 1.165) is 12.8 Å². The summed E-state index contributed by atoms with van der Waals surface area (Å²) in [5.74, 6) is 0.793. The van der Waals surface area contributed by atoms with Crippen LogP contribution >= 0.6 is 11.8 Å². The van der Waals surface area contributed by atoms with Crippen molar-refractivity contribution in [3.63, 3.8) is 0 Å². The Balaban J connectivity index is 1.74. The highest BCUT2D eigenvalue weighted by molar-refractivity contribution is 7.99. The van der Waals surface area contributed by atoms with Crippen molar-refractivity contribution >= 4 is 28.6 Å². The number of nitrogens with one attached hydrogen (secondary N) is 1. The zero-order valence-corrected chi connectivity index (χ0v) is 17.5. The van der Waals surface area contributed by atoms with Gasteiger partial charge >= 0.3 is 0 Å². The van der Waals surface area contributed by atoms with E-state index in [1.54, 1.807) is 17.7 Å². The fourth-order valence-corrected chi connectivity index (χ4v) is 4.57. The molecule has 0 radical (unpaired) electrons. The first-order valence-electron chi connectivity index (χ1n) is 10.0. The number of nitrogens with zero attached hydrogens (tertiary/aromatic N) is 2. The van der Waals surface area contributed by atoms with E-state index in [1.165, 1.54) is 31.0 Å². The first kappa shape index (κ1) is 20.9. The van der Waals surface area contributed by atoms with E-state index in [0.29, 0.717) is 35.1 Å². The van der Waals surface area contributed by atoms with E-state index in [4.69, 9.17) is 4.74 Å². The van der Waals surface area contributed by atoms with Gasteiger partial charge in [0.2, 0.25) is 5.91 Å². The number of carbonyl (C=O) groups excluding carboxylic acids is 1. The lowest BCUT2D eigenvalue weighted by Gasteiger charge is -2.29. The van der Waals surface area contributed by atoms with Gasteiger partial charge in [0, 0.05) is 26.3 Å². The van der Waals surface area contributed by atoms with Gasteiger partial charge in [-0.15, -0.1) is 0 Å². The third-order valence-corrected chi connectivity index (χ3v) is 6.32. The predicted molar refractivity (Wildman–Crippen MR) is 113 cm³/mol. The van der Waals surface area contributed by atoms with Gasteiger partial charge in [0.25, 0.3) is 5.56 Å². The summed E-state index contributed by atoms with van der Waals surface area (Å²) in [6, 6.07) is 7.61. The van der Waals surface area contributed by atoms with Crippen molar-refractivity contribution in [1.29, 1.82) is 0 Å². The molecule has 2 aromatic rings. The van der Waals surface area contributed by atoms with Crippen molar-refractivity contribution < 1.29 is 9.53 Å². The highest BCUT2D eigenvalue weighted by atomic mass is 32.2. The molecule has 1 aromatic carbocycles. The van der Waals surface area contributed by atoms with Crippen LogP contribution in [0.15, 0.2) is 34.2 Å². The van der Waals surface area contributed by atoms with Gasteiger partial charge in [-0.05, 0) is 37.3 Å². The summed E-state index contributed by atoms with van der Waals surface area (Å²) in [5, 5.41) is 4.36. The largest absolute Gasteiger partial charge is 0.385 e. The molecule has 28 heavy (non-hydrogen) atoms. The Labute approximate surface area is 170 Å². The Morgan fingerprint density at radius 1 is 1.32 bits per heavy atom. The molecule has 0 saturated heterocycles. The fraction of sp³-hybridized carbons (Fsp3) is 0.571. The van der Waals surface area contributed by atoms with Gasteiger partial charge in [-0.2, -0.15) is 0 Å². The number of carbonyl (C=O) groups is 1. The molecular weight excluding hydrogens is 374 g/mol. The molecule has 152 valence electrons. The highest BCUT2D eigenvalue weighted by Gasteiger charge is 2.23. The van der Waals surface area contributed by atoms with Crippen LogP contribution in [0.25, 0.3) is 10.9 Å². The molecular formula is C21H29N3O3S. The number of para-hydroxylation sites is 1. The molecule has 1 aliphatic rings. The van der Waals surface area contributed by atoms with Crippen LogP contribution in [0.5, 0.6) is 0 Å². The Hall–Kier alpha value is -1.86. The van der Waals surface area contributed by atoms with Crippen molar-refractivity contribution in [1.82, 2.24) is 14.9 Å². The van der Waals surface area contributed by atoms with Crippen molar-refractivity contribution in [3.8, 4) is 0 Å². The Kier molecular flexibility index (Phi) is 7.50. The lowest BCUT2D eigenvalue weighted by atomic mass is 9.86. The number of ether oxygens (including phenoxy) is 1. The zero-order chi connectivity index (χ0) is 19.9. The number of aromatic nitrogens is 2. The summed E-state index contributed by atoms with van der Waals surface area (Å²) < 4.78 is 6.79. The van der Waals surface area contributed by atoms with Gasteiger partial charge in [-0.25, -0.2) is 4.98 Å². The molecule has 1 aliphatic carbocycles. The number of thioether (sulfide) groups is 1. The van der Waals surface area contributed by atoms with Crippen LogP contribution in [-0.2, 0) is 16.1 Å². The summed E-state index contributed by atoms with van der Waals surface area (Å²) in [5.41, 5.74) is 0.602. The van der Waals surface area contributed by atoms with E-state index in [-0.39, 0.29) is 23.3 Å². The maximum absolute atomic E-state index is 12.9. The first-order valence-corrected chi connectivity index (χ1v) is 11.0. The Bertz CT molecular complexity index is 868. The van der Waals surface area contributed by atoms with Gasteiger partial charge in [-0.1, -0.05) is 43.7 Å². The van der Waals surface area contributed by atoms with Gasteiger partial charge in [0.15, 0.2) is 5.16 Å². The van der Waals surface area contributed by atoms with Gasteiger partial charge in [0.05, 0.1) is 16.7 Å². The minimum atomic E-state index is -0.0643. The SMILES string of the molecule is COCCCn1c(SCC(=O)N[C@H]2CCCC[C@@H]2C)nc2ccccc2c1=O. The maximum atomic E-state index is 12.9. The number of fused-ring (bicyclic) bond motifs is 1. The molecule has 1 amide bonds. The average Bonchev–Trinajstić information content (AvgIpc) is 2.70. The summed E-state index contributed by atoms with van der Waals surface area (Å²) >= 11 is 1.33. The van der Waals surface area contributed by atoms with E-state index >= 15 is 0 Å². The Morgan fingerprint density at radius 3 is 2.89 bits per heavy atom. The molecule has 0 spiro atoms. The summed E-state index contributed by atoms with van der Waals surface area (Å²) in [7, 11) is 1.65. The monoisotopic (exact) mass is 403 g/mol. The molecule has 3 rings (SSSR count). The first-order chi connectivity index (χ1) is 13.6. The van der Waals surface area contributed by atoms with E-state index < -0.39 is 0 Å². The molecule has 1 saturated carbocycles. The highest BCUT2D eigenvalue weighted by Crippen LogP contribution is 2.24. The molecule has 1 N–H and O–H groups in total. The van der Waals surface area contributed by atoms with Crippen LogP contribution in [0.1, 0.15) is 39.0 Å². The third kappa shape index (κ3) is 5.14. The average molecular weight is 404 g/mol. The number of rotatable bonds is 8. The number of hydrogen-bond acceptors (Lipinski definition) is 5.